The lowest BCUT2D eigenvalue weighted by Gasteiger charge is -2.23. The number of nitrogens with zero attached hydrogens (tertiary/aromatic N) is 2. The Morgan fingerprint density at radius 1 is 1.13 bits per heavy atom. The van der Waals surface area contributed by atoms with Gasteiger partial charge in [0.15, 0.2) is 0 Å². The van der Waals surface area contributed by atoms with Crippen LogP contribution in [0.15, 0.2) is 53.4 Å². The van der Waals surface area contributed by atoms with E-state index in [-0.39, 0.29) is 16.8 Å². The Morgan fingerprint density at radius 3 is 2.50 bits per heavy atom. The molecule has 1 saturated heterocycles. The maximum Gasteiger partial charge on any atom is 0.254 e. The molecule has 2 aromatic carbocycles. The Morgan fingerprint density at radius 2 is 1.83 bits per heavy atom. The molecule has 1 atom stereocenters. The molecule has 3 aromatic rings. The molecule has 1 aliphatic rings. The van der Waals surface area contributed by atoms with Crippen LogP contribution in [0.5, 0.6) is 0 Å². The van der Waals surface area contributed by atoms with Crippen molar-refractivity contribution in [3.63, 3.8) is 0 Å². The van der Waals surface area contributed by atoms with Gasteiger partial charge in [0, 0.05) is 17.6 Å². The molecule has 1 amide bonds. The third-order valence-electron chi connectivity index (χ3n) is 4.96. The van der Waals surface area contributed by atoms with E-state index in [0.29, 0.717) is 12.1 Å². The Bertz CT molecular complexity index is 1150. The summed E-state index contributed by atoms with van der Waals surface area (Å²) in [6.45, 7) is 6.04. The van der Waals surface area contributed by atoms with E-state index in [0.717, 1.165) is 28.1 Å². The first-order valence-electron chi connectivity index (χ1n) is 9.94. The van der Waals surface area contributed by atoms with Gasteiger partial charge in [-0.1, -0.05) is 12.1 Å². The molecule has 1 aliphatic heterocycles. The van der Waals surface area contributed by atoms with Gasteiger partial charge in [-0.2, -0.15) is 0 Å². The summed E-state index contributed by atoms with van der Waals surface area (Å²) in [5.74, 6) is -0.0931. The van der Waals surface area contributed by atoms with Gasteiger partial charge in [0.2, 0.25) is 10.0 Å². The molecule has 0 unspecified atom stereocenters. The molecule has 1 fully saturated rings. The highest BCUT2D eigenvalue weighted by atomic mass is 32.2. The van der Waals surface area contributed by atoms with Crippen LogP contribution in [0.3, 0.4) is 0 Å². The van der Waals surface area contributed by atoms with Crippen LogP contribution < -0.4 is 4.72 Å². The zero-order valence-corrected chi connectivity index (χ0v) is 18.9. The summed E-state index contributed by atoms with van der Waals surface area (Å²) < 4.78 is 28.7. The van der Waals surface area contributed by atoms with Gasteiger partial charge in [0.25, 0.3) is 5.91 Å². The molecule has 8 heteroatoms. The zero-order valence-electron chi connectivity index (χ0n) is 17.3. The first kappa shape index (κ1) is 21.0. The lowest BCUT2D eigenvalue weighted by atomic mass is 10.1. The molecule has 6 nitrogen and oxygen atoms in total. The van der Waals surface area contributed by atoms with Crippen LogP contribution in [-0.2, 0) is 10.0 Å². The highest BCUT2D eigenvalue weighted by molar-refractivity contribution is 7.89. The molecule has 2 heterocycles. The summed E-state index contributed by atoms with van der Waals surface area (Å²) in [5.41, 5.74) is 0.864. The van der Waals surface area contributed by atoms with E-state index in [1.807, 2.05) is 29.2 Å². The van der Waals surface area contributed by atoms with Gasteiger partial charge in [-0.3, -0.25) is 4.79 Å². The minimum atomic E-state index is -3.63. The molecule has 0 spiro atoms. The quantitative estimate of drug-likeness (QED) is 0.650. The van der Waals surface area contributed by atoms with E-state index >= 15 is 0 Å². The molecule has 1 aromatic heterocycles. The molecule has 0 bridgehead atoms. The number of fused-ring (bicyclic) bond motifs is 1. The first-order chi connectivity index (χ1) is 14.1. The number of hydrogen-bond donors (Lipinski definition) is 1. The van der Waals surface area contributed by atoms with Crippen LogP contribution in [0.4, 0.5) is 0 Å². The Kier molecular flexibility index (Phi) is 5.42. The number of amides is 1. The highest BCUT2D eigenvalue weighted by Gasteiger charge is 2.33. The lowest BCUT2D eigenvalue weighted by molar-refractivity contribution is 0.0735. The largest absolute Gasteiger partial charge is 0.329 e. The molecule has 30 heavy (non-hydrogen) atoms. The number of thiazole rings is 1. The number of rotatable bonds is 4. The lowest BCUT2D eigenvalue weighted by Crippen LogP contribution is -2.40. The number of benzene rings is 2. The molecule has 0 aliphatic carbocycles. The van der Waals surface area contributed by atoms with Gasteiger partial charge in [-0.25, -0.2) is 18.1 Å². The van der Waals surface area contributed by atoms with Crippen molar-refractivity contribution in [2.24, 2.45) is 0 Å². The minimum absolute atomic E-state index is 0.0409. The second-order valence-electron chi connectivity index (χ2n) is 8.56. The van der Waals surface area contributed by atoms with E-state index < -0.39 is 15.6 Å². The summed E-state index contributed by atoms with van der Waals surface area (Å²) >= 11 is 1.63. The molecule has 0 radical (unpaired) electrons. The number of aromatic nitrogens is 1. The van der Waals surface area contributed by atoms with Gasteiger partial charge in [-0.05, 0) is 70.0 Å². The van der Waals surface area contributed by atoms with Crippen molar-refractivity contribution in [1.82, 2.24) is 14.6 Å². The van der Waals surface area contributed by atoms with Crippen molar-refractivity contribution in [2.45, 2.75) is 50.1 Å². The predicted octanol–water partition coefficient (Wildman–Crippen LogP) is 4.35. The average molecular weight is 444 g/mol. The number of hydrogen-bond acceptors (Lipinski definition) is 5. The minimum Gasteiger partial charge on any atom is -0.329 e. The van der Waals surface area contributed by atoms with Crippen molar-refractivity contribution >= 4 is 37.5 Å². The van der Waals surface area contributed by atoms with Crippen molar-refractivity contribution in [2.75, 3.05) is 6.54 Å². The third-order valence-corrected chi connectivity index (χ3v) is 7.87. The smallest absolute Gasteiger partial charge is 0.254 e. The molecular formula is C22H25N3O3S2. The fourth-order valence-electron chi connectivity index (χ4n) is 3.70. The summed E-state index contributed by atoms with van der Waals surface area (Å²) in [5, 5.41) is 0.954. The molecular weight excluding hydrogens is 418 g/mol. The van der Waals surface area contributed by atoms with E-state index in [1.54, 1.807) is 44.2 Å². The third kappa shape index (κ3) is 4.26. The SMILES string of the molecule is CC(C)(C)NS(=O)(=O)c1ccc(C(=O)N2CCC[C@H]2c2nc3ccccc3s2)cc1. The van der Waals surface area contributed by atoms with Crippen molar-refractivity contribution < 1.29 is 13.2 Å². The summed E-state index contributed by atoms with van der Waals surface area (Å²) in [4.78, 5) is 19.9. The highest BCUT2D eigenvalue weighted by Crippen LogP contribution is 2.37. The Balaban J connectivity index is 1.56. The van der Waals surface area contributed by atoms with E-state index in [1.165, 1.54) is 12.1 Å². The normalized spacial score (nSPS) is 17.6. The fourth-order valence-corrected chi connectivity index (χ4v) is 6.24. The molecule has 0 saturated carbocycles. The van der Waals surface area contributed by atoms with Gasteiger partial charge < -0.3 is 4.90 Å². The molecule has 1 N–H and O–H groups in total. The van der Waals surface area contributed by atoms with Crippen LogP contribution in [0.1, 0.15) is 55.0 Å². The van der Waals surface area contributed by atoms with Crippen LogP contribution in [0.2, 0.25) is 0 Å². The summed E-state index contributed by atoms with van der Waals surface area (Å²) in [6.07, 6.45) is 1.81. The topological polar surface area (TPSA) is 79.4 Å². The fraction of sp³-hybridized carbons (Fsp3) is 0.364. The van der Waals surface area contributed by atoms with Crippen molar-refractivity contribution in [1.29, 1.82) is 0 Å². The van der Waals surface area contributed by atoms with Crippen LogP contribution in [0, 0.1) is 0 Å². The number of likely N-dealkylation sites (tertiary alicyclic amines) is 1. The Labute approximate surface area is 181 Å². The van der Waals surface area contributed by atoms with Gasteiger partial charge >= 0.3 is 0 Å². The monoisotopic (exact) mass is 443 g/mol. The van der Waals surface area contributed by atoms with E-state index in [2.05, 4.69) is 4.72 Å². The molecule has 158 valence electrons. The predicted molar refractivity (Wildman–Crippen MR) is 119 cm³/mol. The number of nitrogens with one attached hydrogen (secondary N) is 1. The van der Waals surface area contributed by atoms with Gasteiger partial charge in [-0.15, -0.1) is 11.3 Å². The van der Waals surface area contributed by atoms with Gasteiger partial charge in [0.1, 0.15) is 5.01 Å². The standard InChI is InChI=1S/C22H25N3O3S2/c1-22(2,3)24-30(27,28)16-12-10-15(11-13-16)21(26)25-14-6-8-18(25)20-23-17-7-4-5-9-19(17)29-20/h4-5,7,9-13,18,24H,6,8,14H2,1-3H3/t18-/m0/s1. The van der Waals surface area contributed by atoms with Crippen molar-refractivity contribution in [3.05, 3.63) is 59.1 Å². The summed E-state index contributed by atoms with van der Waals surface area (Å²) in [6, 6.07) is 14.1. The second-order valence-corrected chi connectivity index (χ2v) is 11.3. The van der Waals surface area contributed by atoms with Gasteiger partial charge in [0.05, 0.1) is 21.2 Å². The molecule has 4 rings (SSSR count). The van der Waals surface area contributed by atoms with Crippen LogP contribution >= 0.6 is 11.3 Å². The number of sulfonamides is 1. The van der Waals surface area contributed by atoms with Crippen molar-refractivity contribution in [3.8, 4) is 0 Å². The zero-order chi connectivity index (χ0) is 21.5. The number of para-hydroxylation sites is 1. The average Bonchev–Trinajstić information content (AvgIpc) is 3.32. The maximum absolute atomic E-state index is 13.2. The maximum atomic E-state index is 13.2. The van der Waals surface area contributed by atoms with Crippen LogP contribution in [-0.4, -0.2) is 36.3 Å². The van der Waals surface area contributed by atoms with E-state index in [4.69, 9.17) is 4.98 Å². The first-order valence-corrected chi connectivity index (χ1v) is 12.2. The second kappa shape index (κ2) is 7.76. The number of carbonyl (C=O) groups excluding carboxylic acids is 1. The Hall–Kier alpha value is -2.29. The summed E-state index contributed by atoms with van der Waals surface area (Å²) in [7, 11) is -3.63. The van der Waals surface area contributed by atoms with Crippen LogP contribution in [0.25, 0.3) is 10.2 Å². The van der Waals surface area contributed by atoms with E-state index in [9.17, 15) is 13.2 Å². The number of carbonyl (C=O) groups is 1.